The predicted molar refractivity (Wildman–Crippen MR) is 189 cm³/mol. The van der Waals surface area contributed by atoms with E-state index in [4.69, 9.17) is 14.0 Å². The predicted octanol–water partition coefficient (Wildman–Crippen LogP) is 11.1. The van der Waals surface area contributed by atoms with E-state index in [-0.39, 0.29) is 19.0 Å². The molecule has 0 rings (SSSR count). The Morgan fingerprint density at radius 3 is 1.57 bits per heavy atom. The van der Waals surface area contributed by atoms with Gasteiger partial charge >= 0.3 is 19.8 Å². The minimum atomic E-state index is -4.25. The van der Waals surface area contributed by atoms with Crippen LogP contribution in [0.1, 0.15) is 174 Å². The van der Waals surface area contributed by atoms with Crippen LogP contribution in [0.5, 0.6) is 0 Å². The van der Waals surface area contributed by atoms with Crippen LogP contribution in [0.15, 0.2) is 24.3 Å². The molecule has 0 aliphatic carbocycles. The van der Waals surface area contributed by atoms with Crippen LogP contribution in [0.3, 0.4) is 0 Å². The summed E-state index contributed by atoms with van der Waals surface area (Å²) < 4.78 is 31.8. The monoisotopic (exact) mass is 672 g/mol. The Labute approximate surface area is 282 Å². The Morgan fingerprint density at radius 2 is 1.04 bits per heavy atom. The molecule has 0 spiro atoms. The third-order valence-electron chi connectivity index (χ3n) is 7.95. The number of unbranched alkanes of at least 4 members (excludes halogenated alkanes) is 19. The van der Waals surface area contributed by atoms with Crippen molar-refractivity contribution >= 4 is 19.8 Å². The van der Waals surface area contributed by atoms with Gasteiger partial charge in [0.2, 0.25) is 0 Å². The van der Waals surface area contributed by atoms with E-state index in [0.717, 1.165) is 64.9 Å². The summed E-state index contributed by atoms with van der Waals surface area (Å²) in [6.07, 6.45) is 35.1. The zero-order chi connectivity index (χ0) is 34.0. The van der Waals surface area contributed by atoms with Crippen LogP contribution < -0.4 is 0 Å². The molecule has 0 fully saturated rings. The fraction of sp³-hybridized carbons (Fsp3) is 0.838. The normalized spacial score (nSPS) is 13.7. The molecule has 0 saturated carbocycles. The van der Waals surface area contributed by atoms with E-state index >= 15 is 0 Å². The zero-order valence-corrected chi connectivity index (χ0v) is 30.6. The van der Waals surface area contributed by atoms with Gasteiger partial charge in [0.25, 0.3) is 0 Å². The lowest BCUT2D eigenvalue weighted by Gasteiger charge is -2.19. The molecule has 46 heavy (non-hydrogen) atoms. The van der Waals surface area contributed by atoms with E-state index in [0.29, 0.717) is 12.8 Å². The van der Waals surface area contributed by atoms with E-state index in [2.05, 4.69) is 42.7 Å². The molecule has 270 valence electrons. The van der Waals surface area contributed by atoms with Crippen LogP contribution in [-0.4, -0.2) is 43.3 Å². The molecule has 1 N–H and O–H groups in total. The summed E-state index contributed by atoms with van der Waals surface area (Å²) in [6, 6.07) is 0. The second kappa shape index (κ2) is 33.4. The van der Waals surface area contributed by atoms with E-state index in [1.165, 1.54) is 83.5 Å². The fourth-order valence-corrected chi connectivity index (χ4v) is 5.50. The SMILES string of the molecule is CCCCC/C=C\C/C=C\CCCCCCCC(=O)OC(COC(=O)CCCCCCCCCCCCCC)COP(=O)(O)OC. The van der Waals surface area contributed by atoms with Crippen molar-refractivity contribution in [3.8, 4) is 0 Å². The molecule has 0 aliphatic heterocycles. The van der Waals surface area contributed by atoms with E-state index in [1.54, 1.807) is 0 Å². The molecule has 0 saturated heterocycles. The summed E-state index contributed by atoms with van der Waals surface area (Å²) in [5, 5.41) is 0. The van der Waals surface area contributed by atoms with E-state index < -0.39 is 26.5 Å². The van der Waals surface area contributed by atoms with Crippen molar-refractivity contribution in [3.05, 3.63) is 24.3 Å². The van der Waals surface area contributed by atoms with Crippen LogP contribution >= 0.6 is 7.82 Å². The first kappa shape index (κ1) is 44.5. The molecule has 0 heterocycles. The Kier molecular flexibility index (Phi) is 32.4. The third-order valence-corrected chi connectivity index (χ3v) is 8.89. The number of phosphoric ester groups is 1. The highest BCUT2D eigenvalue weighted by Crippen LogP contribution is 2.42. The molecule has 0 aromatic carbocycles. The number of allylic oxidation sites excluding steroid dienone is 4. The first-order valence-electron chi connectivity index (χ1n) is 18.5. The van der Waals surface area contributed by atoms with Gasteiger partial charge in [-0.15, -0.1) is 0 Å². The number of hydrogen-bond acceptors (Lipinski definition) is 7. The average Bonchev–Trinajstić information content (AvgIpc) is 3.04. The average molecular weight is 673 g/mol. The molecule has 0 bridgehead atoms. The van der Waals surface area contributed by atoms with Crippen LogP contribution in [-0.2, 0) is 32.7 Å². The molecule has 0 radical (unpaired) electrons. The van der Waals surface area contributed by atoms with Crippen molar-refractivity contribution in [2.75, 3.05) is 20.3 Å². The molecular formula is C37H69O8P. The van der Waals surface area contributed by atoms with Gasteiger partial charge in [0.15, 0.2) is 6.10 Å². The van der Waals surface area contributed by atoms with Crippen molar-refractivity contribution < 1.29 is 37.6 Å². The highest BCUT2D eigenvalue weighted by atomic mass is 31.2. The Balaban J connectivity index is 4.09. The quantitative estimate of drug-likeness (QED) is 0.0311. The Hall–Kier alpha value is -1.47. The highest BCUT2D eigenvalue weighted by molar-refractivity contribution is 7.47. The second-order valence-electron chi connectivity index (χ2n) is 12.4. The molecular weight excluding hydrogens is 603 g/mol. The van der Waals surface area contributed by atoms with Gasteiger partial charge in [0, 0.05) is 20.0 Å². The molecule has 2 unspecified atom stereocenters. The van der Waals surface area contributed by atoms with Crippen LogP contribution in [0.25, 0.3) is 0 Å². The molecule has 8 nitrogen and oxygen atoms in total. The number of rotatable bonds is 34. The number of esters is 2. The number of ether oxygens (including phenoxy) is 2. The maximum Gasteiger partial charge on any atom is 0.472 e. The lowest BCUT2D eigenvalue weighted by atomic mass is 10.0. The maximum atomic E-state index is 12.4. The largest absolute Gasteiger partial charge is 0.472 e. The van der Waals surface area contributed by atoms with Gasteiger partial charge < -0.3 is 14.4 Å². The first-order valence-corrected chi connectivity index (χ1v) is 20.0. The summed E-state index contributed by atoms with van der Waals surface area (Å²) in [7, 11) is -3.20. The first-order chi connectivity index (χ1) is 22.3. The van der Waals surface area contributed by atoms with E-state index in [1.807, 2.05) is 0 Å². The van der Waals surface area contributed by atoms with Gasteiger partial charge in [-0.3, -0.25) is 18.6 Å². The molecule has 0 aliphatic rings. The summed E-state index contributed by atoms with van der Waals surface area (Å²) in [4.78, 5) is 34.3. The van der Waals surface area contributed by atoms with E-state index in [9.17, 15) is 19.0 Å². The smallest absolute Gasteiger partial charge is 0.462 e. The molecule has 2 atom stereocenters. The highest BCUT2D eigenvalue weighted by Gasteiger charge is 2.24. The number of carbonyl (C=O) groups is 2. The van der Waals surface area contributed by atoms with Crippen molar-refractivity contribution in [1.82, 2.24) is 0 Å². The van der Waals surface area contributed by atoms with Gasteiger partial charge in [0.05, 0.1) is 6.61 Å². The lowest BCUT2D eigenvalue weighted by Crippen LogP contribution is -2.29. The standard InChI is InChI=1S/C37H69O8P/c1-4-6-8-10-12-14-16-18-19-20-22-24-26-28-30-32-37(39)45-35(34-44-46(40,41)42-3)33-43-36(38)31-29-27-25-23-21-17-15-13-11-9-7-5-2/h12,14,18-19,35H,4-11,13,15-17,20-34H2,1-3H3,(H,40,41)/b14-12-,19-18-. The number of hydrogen-bond donors (Lipinski definition) is 1. The second-order valence-corrected chi connectivity index (χ2v) is 13.9. The summed E-state index contributed by atoms with van der Waals surface area (Å²) in [5.41, 5.74) is 0. The minimum Gasteiger partial charge on any atom is -0.462 e. The topological polar surface area (TPSA) is 108 Å². The van der Waals surface area contributed by atoms with Crippen molar-refractivity contribution in [2.24, 2.45) is 0 Å². The van der Waals surface area contributed by atoms with Crippen LogP contribution in [0.4, 0.5) is 0 Å². The van der Waals surface area contributed by atoms with Gasteiger partial charge in [-0.1, -0.05) is 141 Å². The third kappa shape index (κ3) is 32.5. The summed E-state index contributed by atoms with van der Waals surface area (Å²) in [6.45, 7) is 3.83. The van der Waals surface area contributed by atoms with Crippen LogP contribution in [0, 0.1) is 0 Å². The Bertz CT molecular complexity index is 813. The van der Waals surface area contributed by atoms with Crippen molar-refractivity contribution in [1.29, 1.82) is 0 Å². The summed E-state index contributed by atoms with van der Waals surface area (Å²) >= 11 is 0. The minimum absolute atomic E-state index is 0.227. The molecule has 0 amide bonds. The van der Waals surface area contributed by atoms with Crippen molar-refractivity contribution in [2.45, 2.75) is 180 Å². The number of phosphoric acid groups is 1. The molecule has 9 heteroatoms. The van der Waals surface area contributed by atoms with Crippen LogP contribution in [0.2, 0.25) is 0 Å². The lowest BCUT2D eigenvalue weighted by molar-refractivity contribution is -0.161. The van der Waals surface area contributed by atoms with Gasteiger partial charge in [-0.25, -0.2) is 4.57 Å². The maximum absolute atomic E-state index is 12.4. The van der Waals surface area contributed by atoms with Gasteiger partial charge in [0.1, 0.15) is 6.61 Å². The Morgan fingerprint density at radius 1 is 0.609 bits per heavy atom. The summed E-state index contributed by atoms with van der Waals surface area (Å²) in [5.74, 6) is -0.817. The van der Waals surface area contributed by atoms with Gasteiger partial charge in [-0.2, -0.15) is 0 Å². The fourth-order valence-electron chi connectivity index (χ4n) is 5.04. The zero-order valence-electron chi connectivity index (χ0n) is 29.7. The molecule has 0 aromatic heterocycles. The number of carbonyl (C=O) groups excluding carboxylic acids is 2. The van der Waals surface area contributed by atoms with Gasteiger partial charge in [-0.05, 0) is 44.9 Å². The van der Waals surface area contributed by atoms with Crippen molar-refractivity contribution in [3.63, 3.8) is 0 Å². The molecule has 0 aromatic rings.